The minimum absolute atomic E-state index is 0.296. The van der Waals surface area contributed by atoms with Gasteiger partial charge in [0, 0.05) is 0 Å². The predicted octanol–water partition coefficient (Wildman–Crippen LogP) is 7.79. The third-order valence-electron chi connectivity index (χ3n) is 5.08. The maximum atomic E-state index is 6.49. The topological polar surface area (TPSA) is 0 Å². The first kappa shape index (κ1) is 18.2. The standard InChI is InChI=1S/C23H19.2ClH.Zr/c1-2-17-15-21-9-6-10-22(23(21)16-17)20-13-11-19(12-14-20)18-7-4-3-5-8-18;;;/h3-16H,2H2,1H3;2*1H;/q;;;+2/p-2. The van der Waals surface area contributed by atoms with E-state index < -0.39 is 19.4 Å². The number of hydrogen-bond donors (Lipinski definition) is 0. The van der Waals surface area contributed by atoms with Gasteiger partial charge in [-0.2, -0.15) is 0 Å². The molecule has 0 aromatic heterocycles. The molecule has 1 aliphatic carbocycles. The molecule has 0 bridgehead atoms. The van der Waals surface area contributed by atoms with Crippen molar-refractivity contribution in [1.29, 1.82) is 0 Å². The normalized spacial score (nSPS) is 15.5. The van der Waals surface area contributed by atoms with Crippen LogP contribution in [0.4, 0.5) is 0 Å². The molecule has 4 rings (SSSR count). The molecule has 0 spiro atoms. The van der Waals surface area contributed by atoms with E-state index in [9.17, 15) is 0 Å². The Morgan fingerprint density at radius 1 is 0.769 bits per heavy atom. The van der Waals surface area contributed by atoms with E-state index in [-0.39, 0.29) is 0 Å². The number of benzene rings is 3. The van der Waals surface area contributed by atoms with Crippen LogP contribution in [-0.4, -0.2) is 0 Å². The van der Waals surface area contributed by atoms with Crippen LogP contribution >= 0.6 is 17.0 Å². The zero-order valence-corrected chi connectivity index (χ0v) is 18.5. The Hall–Kier alpha value is -1.14. The molecule has 0 saturated carbocycles. The van der Waals surface area contributed by atoms with Crippen LogP contribution in [0, 0.1) is 0 Å². The van der Waals surface area contributed by atoms with Crippen molar-refractivity contribution in [3.63, 3.8) is 0 Å². The third kappa shape index (κ3) is 3.38. The van der Waals surface area contributed by atoms with Crippen molar-refractivity contribution in [3.05, 3.63) is 89.5 Å². The molecule has 0 nitrogen and oxygen atoms in total. The van der Waals surface area contributed by atoms with Crippen molar-refractivity contribution in [1.82, 2.24) is 0 Å². The molecule has 1 unspecified atom stereocenters. The van der Waals surface area contributed by atoms with Gasteiger partial charge in [0.05, 0.1) is 0 Å². The third-order valence-corrected chi connectivity index (χ3v) is 10.4. The van der Waals surface area contributed by atoms with Gasteiger partial charge in [-0.15, -0.1) is 0 Å². The fourth-order valence-corrected chi connectivity index (χ4v) is 9.39. The van der Waals surface area contributed by atoms with E-state index in [0.717, 1.165) is 6.42 Å². The molecule has 26 heavy (non-hydrogen) atoms. The monoisotopic (exact) mass is 455 g/mol. The number of allylic oxidation sites excluding steroid dienone is 1. The van der Waals surface area contributed by atoms with Gasteiger partial charge in [-0.05, 0) is 0 Å². The second kappa shape index (κ2) is 7.85. The Labute approximate surface area is 170 Å². The van der Waals surface area contributed by atoms with Crippen molar-refractivity contribution in [2.24, 2.45) is 0 Å². The maximum absolute atomic E-state index is 6.49. The average molecular weight is 458 g/mol. The molecule has 0 amide bonds. The summed E-state index contributed by atoms with van der Waals surface area (Å²) in [6.45, 7) is 2.19. The molecule has 1 aliphatic rings. The summed E-state index contributed by atoms with van der Waals surface area (Å²) in [6, 6.07) is 25.8. The van der Waals surface area contributed by atoms with E-state index in [1.165, 1.54) is 39.0 Å². The van der Waals surface area contributed by atoms with Gasteiger partial charge in [0.25, 0.3) is 0 Å². The van der Waals surface area contributed by atoms with Crippen molar-refractivity contribution in [2.45, 2.75) is 17.0 Å². The Kier molecular flexibility index (Phi) is 5.51. The van der Waals surface area contributed by atoms with E-state index in [2.05, 4.69) is 79.7 Å². The van der Waals surface area contributed by atoms with Crippen LogP contribution < -0.4 is 0 Å². The van der Waals surface area contributed by atoms with Gasteiger partial charge in [-0.3, -0.25) is 0 Å². The Morgan fingerprint density at radius 2 is 1.42 bits per heavy atom. The molecular formula is C23H19Cl2Zr. The van der Waals surface area contributed by atoms with E-state index in [1.54, 1.807) is 0 Å². The van der Waals surface area contributed by atoms with Gasteiger partial charge in [0.2, 0.25) is 0 Å². The molecule has 3 aromatic carbocycles. The van der Waals surface area contributed by atoms with Crippen molar-refractivity contribution in [2.75, 3.05) is 0 Å². The molecule has 1 atom stereocenters. The molecule has 0 radical (unpaired) electrons. The number of halogens is 2. The SMILES string of the molecule is CCC1=Cc2c(-c3ccc(-c4ccccc4)cc3)cccc2[CH]1[Zr]([Cl])[Cl]. The zero-order valence-electron chi connectivity index (χ0n) is 14.5. The molecule has 0 N–H and O–H groups in total. The first-order valence-electron chi connectivity index (χ1n) is 8.86. The van der Waals surface area contributed by atoms with Crippen LogP contribution in [0.1, 0.15) is 28.1 Å². The van der Waals surface area contributed by atoms with Crippen molar-refractivity contribution >= 4 is 23.1 Å². The Bertz CT molecular complexity index is 944. The van der Waals surface area contributed by atoms with E-state index >= 15 is 0 Å². The van der Waals surface area contributed by atoms with Gasteiger partial charge in [-0.1, -0.05) is 0 Å². The van der Waals surface area contributed by atoms with Crippen LogP contribution in [0.25, 0.3) is 28.3 Å². The van der Waals surface area contributed by atoms with Crippen LogP contribution in [0.2, 0.25) is 0 Å². The summed E-state index contributed by atoms with van der Waals surface area (Å²) in [5.74, 6) is 0. The molecule has 0 heterocycles. The molecule has 3 aromatic rings. The van der Waals surface area contributed by atoms with Gasteiger partial charge in [0.1, 0.15) is 0 Å². The first-order valence-corrected chi connectivity index (χ1v) is 16.6. The van der Waals surface area contributed by atoms with Gasteiger partial charge >= 0.3 is 171 Å². The number of rotatable bonds is 4. The Morgan fingerprint density at radius 3 is 2.08 bits per heavy atom. The summed E-state index contributed by atoms with van der Waals surface area (Å²) in [5.41, 5.74) is 9.02. The van der Waals surface area contributed by atoms with Crippen LogP contribution in [0.5, 0.6) is 0 Å². The summed E-state index contributed by atoms with van der Waals surface area (Å²) in [5, 5.41) is 0. The summed E-state index contributed by atoms with van der Waals surface area (Å²) in [6.07, 6.45) is 3.33. The van der Waals surface area contributed by atoms with Gasteiger partial charge < -0.3 is 0 Å². The second-order valence-electron chi connectivity index (χ2n) is 6.55. The van der Waals surface area contributed by atoms with E-state index in [4.69, 9.17) is 17.0 Å². The molecule has 129 valence electrons. The minimum atomic E-state index is -2.41. The van der Waals surface area contributed by atoms with Crippen LogP contribution in [0.15, 0.2) is 78.4 Å². The average Bonchev–Trinajstić information content (AvgIpc) is 3.08. The number of hydrogen-bond acceptors (Lipinski definition) is 0. The predicted molar refractivity (Wildman–Crippen MR) is 110 cm³/mol. The fourth-order valence-electron chi connectivity index (χ4n) is 3.75. The zero-order chi connectivity index (χ0) is 18.1. The fraction of sp³-hybridized carbons (Fsp3) is 0.130. The van der Waals surface area contributed by atoms with Crippen LogP contribution in [-0.2, 0) is 19.4 Å². The summed E-state index contributed by atoms with van der Waals surface area (Å²) >= 11 is -2.41. The molecule has 0 saturated heterocycles. The van der Waals surface area contributed by atoms with Gasteiger partial charge in [0.15, 0.2) is 0 Å². The van der Waals surface area contributed by atoms with Gasteiger partial charge in [-0.25, -0.2) is 0 Å². The Balaban J connectivity index is 1.75. The van der Waals surface area contributed by atoms with Crippen molar-refractivity contribution < 1.29 is 19.4 Å². The van der Waals surface area contributed by atoms with Crippen LogP contribution in [0.3, 0.4) is 0 Å². The first-order chi connectivity index (χ1) is 12.7. The summed E-state index contributed by atoms with van der Waals surface area (Å²) in [4.78, 5) is 0. The molecule has 0 fully saturated rings. The molecular weight excluding hydrogens is 438 g/mol. The summed E-state index contributed by atoms with van der Waals surface area (Å²) in [7, 11) is 13.0. The quantitative estimate of drug-likeness (QED) is 0.375. The van der Waals surface area contributed by atoms with E-state index in [1.807, 2.05) is 6.07 Å². The second-order valence-corrected chi connectivity index (χ2v) is 15.4. The molecule has 3 heteroatoms. The molecule has 0 aliphatic heterocycles. The van der Waals surface area contributed by atoms with Crippen molar-refractivity contribution in [3.8, 4) is 22.3 Å². The number of fused-ring (bicyclic) bond motifs is 1. The van der Waals surface area contributed by atoms with E-state index in [0.29, 0.717) is 3.63 Å². The summed E-state index contributed by atoms with van der Waals surface area (Å²) < 4.78 is 0.296.